The van der Waals surface area contributed by atoms with Gasteiger partial charge in [0.15, 0.2) is 0 Å². The highest BCUT2D eigenvalue weighted by Gasteiger charge is 2.22. The van der Waals surface area contributed by atoms with Crippen LogP contribution in [0.15, 0.2) is 16.6 Å². The molecule has 1 aliphatic heterocycles. The molecule has 1 aromatic rings. The molecule has 2 rings (SSSR count). The van der Waals surface area contributed by atoms with E-state index in [0.29, 0.717) is 5.92 Å². The average Bonchev–Trinajstić information content (AvgIpc) is 2.41. The second-order valence-electron chi connectivity index (χ2n) is 5.73. The van der Waals surface area contributed by atoms with Crippen molar-refractivity contribution in [3.63, 3.8) is 0 Å². The molecule has 0 aliphatic carbocycles. The lowest BCUT2D eigenvalue weighted by Gasteiger charge is -2.32. The van der Waals surface area contributed by atoms with Crippen LogP contribution in [0.5, 0.6) is 0 Å². The summed E-state index contributed by atoms with van der Waals surface area (Å²) >= 11 is 3.64. The van der Waals surface area contributed by atoms with E-state index in [4.69, 9.17) is 0 Å². The van der Waals surface area contributed by atoms with E-state index in [0.717, 1.165) is 36.2 Å². The van der Waals surface area contributed by atoms with Gasteiger partial charge in [-0.2, -0.15) is 0 Å². The molecule has 4 heteroatoms. The van der Waals surface area contributed by atoms with Gasteiger partial charge in [0.05, 0.1) is 0 Å². The van der Waals surface area contributed by atoms with Gasteiger partial charge in [-0.05, 0) is 35.6 Å². The molecule has 0 bridgehead atoms. The minimum atomic E-state index is -0.00595. The van der Waals surface area contributed by atoms with Crippen LogP contribution in [0.3, 0.4) is 0 Å². The number of hydrogen-bond acceptors (Lipinski definition) is 2. The number of benzene rings is 1. The molecule has 1 N–H and O–H groups in total. The summed E-state index contributed by atoms with van der Waals surface area (Å²) in [5.74, 6) is 0.710. The molecule has 110 valence electrons. The van der Waals surface area contributed by atoms with Crippen LogP contribution >= 0.6 is 15.9 Å². The molecule has 0 aromatic heterocycles. The number of anilines is 1. The molecule has 1 aromatic carbocycles. The molecule has 0 saturated heterocycles. The third-order valence-corrected chi connectivity index (χ3v) is 4.75. The second-order valence-corrected chi connectivity index (χ2v) is 6.59. The summed E-state index contributed by atoms with van der Waals surface area (Å²) in [7, 11) is 0. The van der Waals surface area contributed by atoms with Crippen molar-refractivity contribution in [1.29, 1.82) is 0 Å². The zero-order chi connectivity index (χ0) is 14.7. The summed E-state index contributed by atoms with van der Waals surface area (Å²) in [4.78, 5) is 13.8. The maximum absolute atomic E-state index is 11.4. The Kier molecular flexibility index (Phi) is 5.22. The quantitative estimate of drug-likeness (QED) is 0.905. The Morgan fingerprint density at radius 2 is 2.20 bits per heavy atom. The van der Waals surface area contributed by atoms with Crippen LogP contribution in [-0.4, -0.2) is 23.9 Å². The lowest BCUT2D eigenvalue weighted by molar-refractivity contribution is -0.114. The monoisotopic (exact) mass is 338 g/mol. The van der Waals surface area contributed by atoms with Crippen molar-refractivity contribution in [2.75, 3.05) is 18.4 Å². The van der Waals surface area contributed by atoms with Gasteiger partial charge in [0, 0.05) is 36.7 Å². The molecule has 3 nitrogen and oxygen atoms in total. The van der Waals surface area contributed by atoms with Crippen molar-refractivity contribution >= 4 is 27.5 Å². The highest BCUT2D eigenvalue weighted by atomic mass is 79.9. The van der Waals surface area contributed by atoms with E-state index in [1.807, 2.05) is 12.1 Å². The predicted molar refractivity (Wildman–Crippen MR) is 86.9 cm³/mol. The summed E-state index contributed by atoms with van der Waals surface area (Å²) in [6.07, 6.45) is 2.25. The molecule has 1 unspecified atom stereocenters. The number of rotatable bonds is 4. The van der Waals surface area contributed by atoms with Gasteiger partial charge in [-0.25, -0.2) is 0 Å². The van der Waals surface area contributed by atoms with Gasteiger partial charge in [-0.1, -0.05) is 36.2 Å². The van der Waals surface area contributed by atoms with Crippen LogP contribution in [0, 0.1) is 5.92 Å². The molecular formula is C16H23BrN2O. The number of hydrogen-bond donors (Lipinski definition) is 1. The number of carbonyl (C=O) groups is 1. The van der Waals surface area contributed by atoms with Crippen molar-refractivity contribution in [2.24, 2.45) is 5.92 Å². The molecular weight excluding hydrogens is 316 g/mol. The van der Waals surface area contributed by atoms with Crippen molar-refractivity contribution in [3.8, 4) is 0 Å². The Labute approximate surface area is 129 Å². The number of halogens is 1. The first-order valence-corrected chi connectivity index (χ1v) is 8.10. The molecule has 1 heterocycles. The summed E-state index contributed by atoms with van der Waals surface area (Å²) in [5.41, 5.74) is 3.57. The van der Waals surface area contributed by atoms with Crippen LogP contribution in [0.25, 0.3) is 0 Å². The maximum Gasteiger partial charge on any atom is 0.221 e. The highest BCUT2D eigenvalue weighted by molar-refractivity contribution is 9.10. The smallest absolute Gasteiger partial charge is 0.221 e. The molecule has 0 spiro atoms. The topological polar surface area (TPSA) is 32.3 Å². The molecule has 1 amide bonds. The molecule has 0 radical (unpaired) electrons. The fraction of sp³-hybridized carbons (Fsp3) is 0.562. The summed E-state index contributed by atoms with van der Waals surface area (Å²) in [6, 6.07) is 4.03. The van der Waals surface area contributed by atoms with Gasteiger partial charge in [0.2, 0.25) is 5.91 Å². The molecule has 0 saturated carbocycles. The van der Waals surface area contributed by atoms with E-state index in [9.17, 15) is 4.79 Å². The Hall–Kier alpha value is -0.870. The third-order valence-electron chi connectivity index (χ3n) is 4.01. The van der Waals surface area contributed by atoms with Gasteiger partial charge in [0.1, 0.15) is 0 Å². The van der Waals surface area contributed by atoms with Crippen LogP contribution in [0.2, 0.25) is 0 Å². The third kappa shape index (κ3) is 3.61. The first-order chi connectivity index (χ1) is 9.51. The van der Waals surface area contributed by atoms with Crippen molar-refractivity contribution < 1.29 is 4.79 Å². The summed E-state index contributed by atoms with van der Waals surface area (Å²) in [5, 5.41) is 2.96. The Bertz CT molecular complexity index is 501. The standard InChI is InChI=1S/C16H23BrN2O/c1-4-11(2)9-19-8-7-13-14(10-19)16(18-12(3)20)6-5-15(13)17/h5-6,11H,4,7-10H2,1-3H3,(H,18,20). The van der Waals surface area contributed by atoms with E-state index < -0.39 is 0 Å². The van der Waals surface area contributed by atoms with E-state index in [2.05, 4.69) is 40.0 Å². The largest absolute Gasteiger partial charge is 0.326 e. The fourth-order valence-corrected chi connectivity index (χ4v) is 3.29. The minimum absolute atomic E-state index is 0.00595. The Balaban J connectivity index is 2.23. The van der Waals surface area contributed by atoms with Gasteiger partial charge in [-0.3, -0.25) is 9.69 Å². The summed E-state index contributed by atoms with van der Waals surface area (Å²) < 4.78 is 1.16. The number of fused-ring (bicyclic) bond motifs is 1. The van der Waals surface area contributed by atoms with Crippen LogP contribution in [-0.2, 0) is 17.8 Å². The minimum Gasteiger partial charge on any atom is -0.326 e. The van der Waals surface area contributed by atoms with Crippen LogP contribution < -0.4 is 5.32 Å². The fourth-order valence-electron chi connectivity index (χ4n) is 2.72. The van der Waals surface area contributed by atoms with Gasteiger partial charge < -0.3 is 5.32 Å². The SMILES string of the molecule is CCC(C)CN1CCc2c(Br)ccc(NC(C)=O)c2C1. The first-order valence-electron chi connectivity index (χ1n) is 7.31. The van der Waals surface area contributed by atoms with E-state index in [1.165, 1.54) is 17.5 Å². The highest BCUT2D eigenvalue weighted by Crippen LogP contribution is 2.32. The first kappa shape index (κ1) is 15.5. The van der Waals surface area contributed by atoms with E-state index >= 15 is 0 Å². The molecule has 0 fully saturated rings. The van der Waals surface area contributed by atoms with Gasteiger partial charge in [-0.15, -0.1) is 0 Å². The molecule has 1 aliphatic rings. The van der Waals surface area contributed by atoms with Gasteiger partial charge in [0.25, 0.3) is 0 Å². The maximum atomic E-state index is 11.4. The number of carbonyl (C=O) groups excluding carboxylic acids is 1. The Morgan fingerprint density at radius 1 is 1.45 bits per heavy atom. The lowest BCUT2D eigenvalue weighted by atomic mass is 9.96. The van der Waals surface area contributed by atoms with E-state index in [-0.39, 0.29) is 5.91 Å². The number of amides is 1. The summed E-state index contributed by atoms with van der Waals surface area (Å²) in [6.45, 7) is 9.25. The zero-order valence-corrected chi connectivity index (χ0v) is 14.1. The van der Waals surface area contributed by atoms with E-state index in [1.54, 1.807) is 6.92 Å². The zero-order valence-electron chi connectivity index (χ0n) is 12.5. The van der Waals surface area contributed by atoms with Crippen molar-refractivity contribution in [1.82, 2.24) is 4.90 Å². The number of nitrogens with zero attached hydrogens (tertiary/aromatic N) is 1. The molecule has 1 atom stereocenters. The van der Waals surface area contributed by atoms with Crippen LogP contribution in [0.1, 0.15) is 38.3 Å². The predicted octanol–water partition coefficient (Wildman–Crippen LogP) is 3.81. The normalized spacial score (nSPS) is 16.6. The van der Waals surface area contributed by atoms with Gasteiger partial charge >= 0.3 is 0 Å². The lowest BCUT2D eigenvalue weighted by Crippen LogP contribution is -2.34. The second kappa shape index (κ2) is 6.72. The average molecular weight is 339 g/mol. The Morgan fingerprint density at radius 3 is 2.85 bits per heavy atom. The molecule has 20 heavy (non-hydrogen) atoms. The van der Waals surface area contributed by atoms with Crippen LogP contribution in [0.4, 0.5) is 5.69 Å². The van der Waals surface area contributed by atoms with Crippen molar-refractivity contribution in [3.05, 3.63) is 27.7 Å². The van der Waals surface area contributed by atoms with Crippen molar-refractivity contribution in [2.45, 2.75) is 40.2 Å². The number of nitrogens with one attached hydrogen (secondary N) is 1.